The number of benzene rings is 1. The van der Waals surface area contributed by atoms with E-state index in [9.17, 15) is 4.39 Å². The van der Waals surface area contributed by atoms with Crippen LogP contribution in [-0.2, 0) is 0 Å². The van der Waals surface area contributed by atoms with E-state index in [2.05, 4.69) is 5.32 Å². The Morgan fingerprint density at radius 3 is 2.60 bits per heavy atom. The van der Waals surface area contributed by atoms with Crippen LogP contribution in [-0.4, -0.2) is 13.1 Å². The summed E-state index contributed by atoms with van der Waals surface area (Å²) in [5, 5.41) is 3.19. The minimum absolute atomic E-state index is 0.132. The van der Waals surface area contributed by atoms with Crippen molar-refractivity contribution in [2.75, 3.05) is 7.05 Å². The zero-order valence-corrected chi connectivity index (χ0v) is 9.55. The molecule has 0 aromatic heterocycles. The average Bonchev–Trinajstić information content (AvgIpc) is 2.18. The third-order valence-electron chi connectivity index (χ3n) is 2.54. The average molecular weight is 210 g/mol. The predicted molar refractivity (Wildman–Crippen MR) is 61.2 cm³/mol. The molecule has 0 fully saturated rings. The molecule has 1 rings (SSSR count). The first-order valence-electron chi connectivity index (χ1n) is 5.23. The van der Waals surface area contributed by atoms with Crippen LogP contribution in [0.15, 0.2) is 18.2 Å². The Morgan fingerprint density at radius 2 is 2.13 bits per heavy atom. The Balaban J connectivity index is 2.87. The van der Waals surface area contributed by atoms with Crippen molar-refractivity contribution >= 4 is 0 Å². The Kier molecular flexibility index (Phi) is 4.24. The van der Waals surface area contributed by atoms with Crippen LogP contribution in [0, 0.1) is 12.7 Å². The van der Waals surface area contributed by atoms with Crippen LogP contribution >= 0.6 is 0 Å². The molecule has 2 atom stereocenters. The van der Waals surface area contributed by atoms with Gasteiger partial charge >= 0.3 is 0 Å². The van der Waals surface area contributed by atoms with E-state index < -0.39 is 0 Å². The minimum Gasteiger partial charge on any atom is -0.328 e. The van der Waals surface area contributed by atoms with Crippen LogP contribution in [0.4, 0.5) is 4.39 Å². The molecular formula is C12H19FN2. The first-order valence-corrected chi connectivity index (χ1v) is 5.23. The van der Waals surface area contributed by atoms with E-state index in [1.165, 1.54) is 6.07 Å². The molecule has 1 aromatic rings. The van der Waals surface area contributed by atoms with Gasteiger partial charge in [-0.05, 0) is 44.5 Å². The second-order valence-corrected chi connectivity index (χ2v) is 4.06. The lowest BCUT2D eigenvalue weighted by molar-refractivity contribution is 0.498. The first-order chi connectivity index (χ1) is 7.04. The third kappa shape index (κ3) is 3.29. The normalized spacial score (nSPS) is 15.0. The van der Waals surface area contributed by atoms with Crippen molar-refractivity contribution in [1.29, 1.82) is 0 Å². The number of hydrogen-bond donors (Lipinski definition) is 2. The van der Waals surface area contributed by atoms with Gasteiger partial charge in [0.15, 0.2) is 0 Å². The van der Waals surface area contributed by atoms with Crippen molar-refractivity contribution in [3.63, 3.8) is 0 Å². The number of rotatable bonds is 4. The highest BCUT2D eigenvalue weighted by molar-refractivity contribution is 5.26. The number of nitrogens with two attached hydrogens (primary N) is 1. The van der Waals surface area contributed by atoms with Gasteiger partial charge in [-0.25, -0.2) is 4.39 Å². The summed E-state index contributed by atoms with van der Waals surface area (Å²) in [6.07, 6.45) is 0.849. The number of halogens is 1. The highest BCUT2D eigenvalue weighted by Gasteiger charge is 2.12. The second-order valence-electron chi connectivity index (χ2n) is 4.06. The van der Waals surface area contributed by atoms with Gasteiger partial charge in [0.05, 0.1) is 0 Å². The van der Waals surface area contributed by atoms with Crippen molar-refractivity contribution < 1.29 is 4.39 Å². The maximum absolute atomic E-state index is 13.1. The molecule has 0 radical (unpaired) electrons. The quantitative estimate of drug-likeness (QED) is 0.799. The number of nitrogens with one attached hydrogen (secondary N) is 1. The van der Waals surface area contributed by atoms with E-state index in [0.717, 1.165) is 12.0 Å². The lowest BCUT2D eigenvalue weighted by atomic mass is 9.99. The summed E-state index contributed by atoms with van der Waals surface area (Å²) in [5.41, 5.74) is 7.53. The van der Waals surface area contributed by atoms with Gasteiger partial charge in [0.25, 0.3) is 0 Å². The second kappa shape index (κ2) is 5.24. The van der Waals surface area contributed by atoms with Crippen LogP contribution in [0.3, 0.4) is 0 Å². The highest BCUT2D eigenvalue weighted by atomic mass is 19.1. The largest absolute Gasteiger partial charge is 0.328 e. The van der Waals surface area contributed by atoms with Gasteiger partial charge in [0.1, 0.15) is 5.82 Å². The zero-order valence-electron chi connectivity index (χ0n) is 9.55. The molecule has 0 spiro atoms. The lowest BCUT2D eigenvalue weighted by Gasteiger charge is -2.19. The molecule has 0 heterocycles. The molecule has 0 aliphatic carbocycles. The van der Waals surface area contributed by atoms with E-state index in [1.54, 1.807) is 6.92 Å². The molecule has 0 amide bonds. The topological polar surface area (TPSA) is 38.0 Å². The summed E-state index contributed by atoms with van der Waals surface area (Å²) < 4.78 is 13.1. The van der Waals surface area contributed by atoms with Crippen molar-refractivity contribution in [2.24, 2.45) is 5.73 Å². The molecule has 2 nitrogen and oxygen atoms in total. The summed E-state index contributed by atoms with van der Waals surface area (Å²) in [6.45, 7) is 3.75. The van der Waals surface area contributed by atoms with Crippen LogP contribution in [0.2, 0.25) is 0 Å². The Hall–Kier alpha value is -0.930. The van der Waals surface area contributed by atoms with Gasteiger partial charge in [-0.2, -0.15) is 0 Å². The highest BCUT2D eigenvalue weighted by Crippen LogP contribution is 2.20. The molecule has 3 N–H and O–H groups in total. The van der Waals surface area contributed by atoms with Gasteiger partial charge in [-0.3, -0.25) is 0 Å². The number of aryl methyl sites for hydroxylation is 1. The molecule has 0 aliphatic rings. The Labute approximate surface area is 90.7 Å². The molecule has 0 saturated carbocycles. The van der Waals surface area contributed by atoms with Crippen LogP contribution in [0.25, 0.3) is 0 Å². The lowest BCUT2D eigenvalue weighted by Crippen LogP contribution is -2.25. The Bertz CT molecular complexity index is 323. The zero-order chi connectivity index (χ0) is 11.4. The molecule has 84 valence electrons. The first kappa shape index (κ1) is 12.1. The smallest absolute Gasteiger partial charge is 0.126 e. The van der Waals surface area contributed by atoms with Crippen molar-refractivity contribution in [1.82, 2.24) is 5.32 Å². The maximum Gasteiger partial charge on any atom is 0.126 e. The van der Waals surface area contributed by atoms with Crippen LogP contribution in [0.1, 0.15) is 30.5 Å². The molecule has 0 aliphatic heterocycles. The van der Waals surface area contributed by atoms with Gasteiger partial charge in [0, 0.05) is 12.1 Å². The Morgan fingerprint density at radius 1 is 1.47 bits per heavy atom. The fraction of sp³-hybridized carbons (Fsp3) is 0.500. The molecule has 0 saturated heterocycles. The van der Waals surface area contributed by atoms with E-state index in [1.807, 2.05) is 26.1 Å². The van der Waals surface area contributed by atoms with E-state index in [0.29, 0.717) is 5.56 Å². The third-order valence-corrected chi connectivity index (χ3v) is 2.54. The summed E-state index contributed by atoms with van der Waals surface area (Å²) in [5.74, 6) is -0.158. The van der Waals surface area contributed by atoms with Gasteiger partial charge in [-0.15, -0.1) is 0 Å². The van der Waals surface area contributed by atoms with Gasteiger partial charge in [0.2, 0.25) is 0 Å². The number of hydrogen-bond acceptors (Lipinski definition) is 2. The molecular weight excluding hydrogens is 191 g/mol. The summed E-state index contributed by atoms with van der Waals surface area (Å²) >= 11 is 0. The predicted octanol–water partition coefficient (Wildman–Crippen LogP) is 2.13. The van der Waals surface area contributed by atoms with E-state index >= 15 is 0 Å². The standard InChI is InChI=1S/C12H19FN2/c1-8-6-10(4-5-11(8)13)12(15-3)7-9(2)14/h4-6,9,12,15H,7,14H2,1-3H3. The van der Waals surface area contributed by atoms with Gasteiger partial charge < -0.3 is 11.1 Å². The molecule has 2 unspecified atom stereocenters. The molecule has 3 heteroatoms. The molecule has 1 aromatic carbocycles. The van der Waals surface area contributed by atoms with Gasteiger partial charge in [-0.1, -0.05) is 12.1 Å². The monoisotopic (exact) mass is 210 g/mol. The summed E-state index contributed by atoms with van der Waals surface area (Å²) in [4.78, 5) is 0. The van der Waals surface area contributed by atoms with E-state index in [4.69, 9.17) is 5.73 Å². The minimum atomic E-state index is -0.158. The molecule has 15 heavy (non-hydrogen) atoms. The van der Waals surface area contributed by atoms with Crippen molar-refractivity contribution in [3.8, 4) is 0 Å². The fourth-order valence-electron chi connectivity index (χ4n) is 1.68. The molecule has 0 bridgehead atoms. The maximum atomic E-state index is 13.1. The summed E-state index contributed by atoms with van der Waals surface area (Å²) in [7, 11) is 1.89. The van der Waals surface area contributed by atoms with Crippen LogP contribution < -0.4 is 11.1 Å². The SMILES string of the molecule is CNC(CC(C)N)c1ccc(F)c(C)c1. The van der Waals surface area contributed by atoms with E-state index in [-0.39, 0.29) is 17.9 Å². The van der Waals surface area contributed by atoms with Crippen LogP contribution in [0.5, 0.6) is 0 Å². The van der Waals surface area contributed by atoms with Crippen molar-refractivity contribution in [3.05, 3.63) is 35.1 Å². The summed E-state index contributed by atoms with van der Waals surface area (Å²) in [6, 6.07) is 5.53. The van der Waals surface area contributed by atoms with Crippen molar-refractivity contribution in [2.45, 2.75) is 32.4 Å². The fourth-order valence-corrected chi connectivity index (χ4v) is 1.68.